The first kappa shape index (κ1) is 30.9. The van der Waals surface area contributed by atoms with E-state index in [1.165, 1.54) is 31.2 Å². The summed E-state index contributed by atoms with van der Waals surface area (Å²) in [5.74, 6) is -0.234. The van der Waals surface area contributed by atoms with E-state index in [0.717, 1.165) is 25.7 Å². The van der Waals surface area contributed by atoms with Crippen LogP contribution in [0.4, 0.5) is 10.5 Å². The number of amides is 1. The monoisotopic (exact) mass is 577 g/mol. The van der Waals surface area contributed by atoms with Gasteiger partial charge in [0.05, 0.1) is 11.5 Å². The number of nitro groups is 1. The predicted molar refractivity (Wildman–Crippen MR) is 147 cm³/mol. The summed E-state index contributed by atoms with van der Waals surface area (Å²) in [6, 6.07) is 12.2. The summed E-state index contributed by atoms with van der Waals surface area (Å²) < 4.78 is 35.6. The van der Waals surface area contributed by atoms with E-state index >= 15 is 0 Å². The number of nitrogens with one attached hydrogen (secondary N) is 2. The van der Waals surface area contributed by atoms with Crippen molar-refractivity contribution < 1.29 is 37.6 Å². The standard InChI is InChI=1S/C27H36N3O9P/c1-19(25(31)36-18-20-10-12-21(13-11-20)28-26(32)37-27(2,3)4)29-40(35,38-23-8-6-5-7-9-23)39-24-16-14-22(15-17-24)30(33)34/h5-9,14-17,19-21H,10-13,18H2,1-4H3,(H,28,32)(H,29,35)/t19-,20?,21?,40?/m0/s1. The molecule has 2 N–H and O–H groups in total. The Morgan fingerprint density at radius 1 is 1.00 bits per heavy atom. The maximum absolute atomic E-state index is 13.7. The van der Waals surface area contributed by atoms with Crippen LogP contribution in [0.25, 0.3) is 0 Å². The first-order valence-corrected chi connectivity index (χ1v) is 14.6. The summed E-state index contributed by atoms with van der Waals surface area (Å²) in [4.78, 5) is 35.1. The minimum atomic E-state index is -4.18. The van der Waals surface area contributed by atoms with Gasteiger partial charge in [0.15, 0.2) is 0 Å². The molecule has 2 aromatic rings. The molecule has 0 aromatic heterocycles. The maximum Gasteiger partial charge on any atom is 0.513 e. The number of non-ortho nitro benzene ring substituents is 1. The number of esters is 1. The van der Waals surface area contributed by atoms with Gasteiger partial charge in [0, 0.05) is 18.2 Å². The summed E-state index contributed by atoms with van der Waals surface area (Å²) in [6.07, 6.45) is 2.54. The van der Waals surface area contributed by atoms with Gasteiger partial charge in [-0.1, -0.05) is 18.2 Å². The van der Waals surface area contributed by atoms with E-state index in [9.17, 15) is 24.3 Å². The van der Waals surface area contributed by atoms with E-state index in [-0.39, 0.29) is 35.8 Å². The summed E-state index contributed by atoms with van der Waals surface area (Å²) in [5.41, 5.74) is -0.728. The molecule has 2 aromatic carbocycles. The molecule has 1 aliphatic carbocycles. The van der Waals surface area contributed by atoms with Crippen LogP contribution in [-0.2, 0) is 18.8 Å². The molecule has 0 heterocycles. The third-order valence-corrected chi connectivity index (χ3v) is 7.58. The van der Waals surface area contributed by atoms with Crippen molar-refractivity contribution in [2.45, 2.75) is 71.1 Å². The molecular formula is C27H36N3O9P. The average molecular weight is 578 g/mol. The first-order chi connectivity index (χ1) is 18.8. The Hall–Kier alpha value is -3.63. The van der Waals surface area contributed by atoms with Crippen LogP contribution in [-0.4, -0.2) is 41.3 Å². The largest absolute Gasteiger partial charge is 0.513 e. The molecule has 0 saturated heterocycles. The fourth-order valence-electron chi connectivity index (χ4n) is 4.02. The summed E-state index contributed by atoms with van der Waals surface area (Å²) in [5, 5.41) is 16.4. The third-order valence-electron chi connectivity index (χ3n) is 5.98. The molecule has 218 valence electrons. The van der Waals surface area contributed by atoms with Gasteiger partial charge in [0.1, 0.15) is 23.1 Å². The highest BCUT2D eigenvalue weighted by Gasteiger charge is 2.34. The lowest BCUT2D eigenvalue weighted by Crippen LogP contribution is -2.41. The Labute approximate surface area is 233 Å². The number of para-hydroxylation sites is 1. The van der Waals surface area contributed by atoms with Crippen molar-refractivity contribution in [1.29, 1.82) is 0 Å². The van der Waals surface area contributed by atoms with Crippen LogP contribution in [0.3, 0.4) is 0 Å². The fraction of sp³-hybridized carbons (Fsp3) is 0.481. The second kappa shape index (κ2) is 13.6. The molecule has 0 aliphatic heterocycles. The molecule has 40 heavy (non-hydrogen) atoms. The lowest BCUT2D eigenvalue weighted by molar-refractivity contribution is -0.384. The molecule has 0 radical (unpaired) electrons. The molecule has 13 heteroatoms. The highest BCUT2D eigenvalue weighted by Crippen LogP contribution is 2.45. The van der Waals surface area contributed by atoms with Gasteiger partial charge in [0.2, 0.25) is 0 Å². The first-order valence-electron chi connectivity index (χ1n) is 13.0. The topological polar surface area (TPSA) is 155 Å². The summed E-state index contributed by atoms with van der Waals surface area (Å²) in [6.45, 7) is 7.08. The zero-order valence-electron chi connectivity index (χ0n) is 23.0. The van der Waals surface area contributed by atoms with Crippen LogP contribution in [0.2, 0.25) is 0 Å². The van der Waals surface area contributed by atoms with Gasteiger partial charge in [-0.15, -0.1) is 0 Å². The molecule has 1 saturated carbocycles. The van der Waals surface area contributed by atoms with Crippen molar-refractivity contribution in [3.05, 3.63) is 64.7 Å². The van der Waals surface area contributed by atoms with Gasteiger partial charge in [0.25, 0.3) is 5.69 Å². The number of nitrogens with zero attached hydrogens (tertiary/aromatic N) is 1. The van der Waals surface area contributed by atoms with Gasteiger partial charge >= 0.3 is 19.8 Å². The summed E-state index contributed by atoms with van der Waals surface area (Å²) >= 11 is 0. The van der Waals surface area contributed by atoms with Crippen molar-refractivity contribution in [3.8, 4) is 11.5 Å². The van der Waals surface area contributed by atoms with Crippen LogP contribution in [0, 0.1) is 16.0 Å². The minimum Gasteiger partial charge on any atom is -0.464 e. The van der Waals surface area contributed by atoms with Gasteiger partial charge < -0.3 is 23.8 Å². The van der Waals surface area contributed by atoms with Crippen molar-refractivity contribution >= 4 is 25.5 Å². The molecule has 3 rings (SSSR count). The lowest BCUT2D eigenvalue weighted by Gasteiger charge is -2.30. The van der Waals surface area contributed by atoms with Crippen LogP contribution in [0.1, 0.15) is 53.4 Å². The van der Waals surface area contributed by atoms with E-state index in [0.29, 0.717) is 0 Å². The predicted octanol–water partition coefficient (Wildman–Crippen LogP) is 5.77. The Balaban J connectivity index is 1.54. The zero-order chi connectivity index (χ0) is 29.3. The molecular weight excluding hydrogens is 541 g/mol. The van der Waals surface area contributed by atoms with Gasteiger partial charge in [-0.3, -0.25) is 14.9 Å². The Morgan fingerprint density at radius 3 is 2.12 bits per heavy atom. The van der Waals surface area contributed by atoms with Gasteiger partial charge in [-0.05, 0) is 83.6 Å². The number of benzene rings is 2. The van der Waals surface area contributed by atoms with Gasteiger partial charge in [-0.25, -0.2) is 9.36 Å². The second-order valence-electron chi connectivity index (χ2n) is 10.6. The van der Waals surface area contributed by atoms with Gasteiger partial charge in [-0.2, -0.15) is 5.09 Å². The number of alkyl carbamates (subject to hydrolysis) is 1. The van der Waals surface area contributed by atoms with Crippen molar-refractivity contribution in [1.82, 2.24) is 10.4 Å². The molecule has 1 amide bonds. The Kier molecular flexibility index (Phi) is 10.5. The quantitative estimate of drug-likeness (QED) is 0.146. The number of ether oxygens (including phenoxy) is 2. The smallest absolute Gasteiger partial charge is 0.464 e. The molecule has 1 fully saturated rings. The van der Waals surface area contributed by atoms with E-state index in [4.69, 9.17) is 18.5 Å². The maximum atomic E-state index is 13.7. The second-order valence-corrected chi connectivity index (χ2v) is 12.2. The molecule has 1 aliphatic rings. The molecule has 0 spiro atoms. The van der Waals surface area contributed by atoms with E-state index < -0.39 is 36.4 Å². The SMILES string of the molecule is C[C@H](NP(=O)(Oc1ccccc1)Oc1ccc([N+](=O)[O-])cc1)C(=O)OCC1CCC(NC(=O)OC(C)(C)C)CC1. The van der Waals surface area contributed by atoms with E-state index in [2.05, 4.69) is 10.4 Å². The third kappa shape index (κ3) is 10.2. The molecule has 0 bridgehead atoms. The van der Waals surface area contributed by atoms with E-state index in [1.807, 2.05) is 20.8 Å². The number of carbonyl (C=O) groups excluding carboxylic acids is 2. The van der Waals surface area contributed by atoms with Crippen molar-refractivity contribution in [2.75, 3.05) is 6.61 Å². The highest BCUT2D eigenvalue weighted by atomic mass is 31.2. The number of hydrogen-bond donors (Lipinski definition) is 2. The van der Waals surface area contributed by atoms with E-state index in [1.54, 1.807) is 30.3 Å². The van der Waals surface area contributed by atoms with Crippen LogP contribution in [0.5, 0.6) is 11.5 Å². The Morgan fingerprint density at radius 2 is 1.57 bits per heavy atom. The number of carbonyl (C=O) groups is 2. The molecule has 1 unspecified atom stereocenters. The van der Waals surface area contributed by atoms with Crippen LogP contribution >= 0.6 is 7.75 Å². The van der Waals surface area contributed by atoms with Crippen molar-refractivity contribution in [2.24, 2.45) is 5.92 Å². The lowest BCUT2D eigenvalue weighted by atomic mass is 9.86. The number of nitro benzene ring substituents is 1. The molecule has 12 nitrogen and oxygen atoms in total. The number of hydrogen-bond acceptors (Lipinski definition) is 9. The van der Waals surface area contributed by atoms with Crippen LogP contribution < -0.4 is 19.5 Å². The normalized spacial score (nSPS) is 19.4. The van der Waals surface area contributed by atoms with Crippen molar-refractivity contribution in [3.63, 3.8) is 0 Å². The average Bonchev–Trinajstić information content (AvgIpc) is 2.87. The number of rotatable bonds is 11. The zero-order valence-corrected chi connectivity index (χ0v) is 23.9. The highest BCUT2D eigenvalue weighted by molar-refractivity contribution is 7.52. The molecule has 2 atom stereocenters. The fourth-order valence-corrected chi connectivity index (χ4v) is 5.54. The van der Waals surface area contributed by atoms with Crippen LogP contribution in [0.15, 0.2) is 54.6 Å². The minimum absolute atomic E-state index is 0.0000216. The Bertz CT molecular complexity index is 1190. The summed E-state index contributed by atoms with van der Waals surface area (Å²) in [7, 11) is -4.18.